The van der Waals surface area contributed by atoms with Crippen LogP contribution in [0.5, 0.6) is 0 Å². The van der Waals surface area contributed by atoms with Gasteiger partial charge in [0.2, 0.25) is 0 Å². The predicted molar refractivity (Wildman–Crippen MR) is 146 cm³/mol. The summed E-state index contributed by atoms with van der Waals surface area (Å²) in [5.41, 5.74) is -1.02. The molecule has 0 aromatic heterocycles. The molecule has 0 saturated heterocycles. The third-order valence-electron chi connectivity index (χ3n) is 12.5. The van der Waals surface area contributed by atoms with Crippen LogP contribution in [-0.4, -0.2) is 24.1 Å². The number of Topliss-reactive ketones (excluding diaryl/α,β-unsaturated/α-hetero) is 1. The van der Waals surface area contributed by atoms with Crippen molar-refractivity contribution in [3.63, 3.8) is 0 Å². The summed E-state index contributed by atoms with van der Waals surface area (Å²) in [6.45, 7) is 17.5. The Balaban J connectivity index is 1.69. The van der Waals surface area contributed by atoms with Gasteiger partial charge in [0.1, 0.15) is 6.07 Å². The minimum atomic E-state index is -0.670. The lowest BCUT2D eigenvalue weighted by Crippen LogP contribution is -2.66. The fourth-order valence-corrected chi connectivity index (χ4v) is 10.3. The standard InChI is InChI=1S/C33H45NO4/c1-9-38-27(37)33-14-12-28(2,3)18-21(33)25-22(35)16-24-30(6)17-20(19-34)26(36)29(4,5)23(30)10-11-31(24,7)32(25,8)13-15-33/h16-17,21,23,25H,9-15,18H2,1-8H3/t21?,23-,25?,30-,31+,32+,33-/m0/s1. The molecular formula is C33H45NO4. The maximum absolute atomic E-state index is 14.4. The number of esters is 1. The van der Waals surface area contributed by atoms with Crippen LogP contribution in [0.25, 0.3) is 0 Å². The van der Waals surface area contributed by atoms with Gasteiger partial charge in [-0.05, 0) is 86.0 Å². The van der Waals surface area contributed by atoms with Gasteiger partial charge in [-0.1, -0.05) is 60.1 Å². The molecule has 5 aliphatic rings. The highest BCUT2D eigenvalue weighted by Gasteiger charge is 2.71. The number of allylic oxidation sites excluding steroid dienone is 4. The average molecular weight is 520 g/mol. The minimum Gasteiger partial charge on any atom is -0.466 e. The number of fused-ring (bicyclic) bond motifs is 7. The van der Waals surface area contributed by atoms with Gasteiger partial charge in [0.05, 0.1) is 17.6 Å². The zero-order valence-electron chi connectivity index (χ0n) is 24.6. The number of hydrogen-bond acceptors (Lipinski definition) is 5. The maximum Gasteiger partial charge on any atom is 0.312 e. The van der Waals surface area contributed by atoms with E-state index >= 15 is 0 Å². The summed E-state index contributed by atoms with van der Waals surface area (Å²) in [5.74, 6) is -0.334. The van der Waals surface area contributed by atoms with Crippen molar-refractivity contribution in [1.82, 2.24) is 0 Å². The number of ether oxygens (including phenoxy) is 1. The SMILES string of the molecule is CCOC(=O)[C@]12CCC(C)(C)CC1C1C(=O)C=C3[C@@]4(C)C=C(C#N)C(=O)C(C)(C)[C@@H]4CC[C@@]3(C)[C@]1(C)CC2. The fraction of sp³-hybridized carbons (Fsp3) is 0.758. The number of nitriles is 1. The van der Waals surface area contributed by atoms with Crippen molar-refractivity contribution in [2.24, 2.45) is 50.2 Å². The van der Waals surface area contributed by atoms with Crippen molar-refractivity contribution in [3.8, 4) is 6.07 Å². The quantitative estimate of drug-likeness (QED) is 0.376. The van der Waals surface area contributed by atoms with Gasteiger partial charge in [-0.25, -0.2) is 0 Å². The molecule has 3 saturated carbocycles. The Morgan fingerprint density at radius 3 is 2.32 bits per heavy atom. The predicted octanol–water partition coefficient (Wildman–Crippen LogP) is 6.77. The van der Waals surface area contributed by atoms with Gasteiger partial charge in [0.25, 0.3) is 0 Å². The lowest BCUT2D eigenvalue weighted by molar-refractivity contribution is -0.192. The average Bonchev–Trinajstić information content (AvgIpc) is 2.82. The summed E-state index contributed by atoms with van der Waals surface area (Å²) < 4.78 is 5.70. The summed E-state index contributed by atoms with van der Waals surface area (Å²) in [6.07, 6.45) is 9.69. The molecule has 0 aromatic rings. The highest BCUT2D eigenvalue weighted by atomic mass is 16.5. The van der Waals surface area contributed by atoms with Crippen LogP contribution in [0.4, 0.5) is 0 Å². The highest BCUT2D eigenvalue weighted by Crippen LogP contribution is 2.74. The Bertz CT molecular complexity index is 1220. The molecule has 0 spiro atoms. The Labute approximate surface area is 228 Å². The second-order valence-corrected chi connectivity index (χ2v) is 15.1. The summed E-state index contributed by atoms with van der Waals surface area (Å²) in [4.78, 5) is 41.3. The van der Waals surface area contributed by atoms with Crippen LogP contribution in [0.15, 0.2) is 23.3 Å². The van der Waals surface area contributed by atoms with E-state index in [1.54, 1.807) is 0 Å². The monoisotopic (exact) mass is 519 g/mol. The molecule has 38 heavy (non-hydrogen) atoms. The second kappa shape index (κ2) is 8.15. The summed E-state index contributed by atoms with van der Waals surface area (Å²) in [7, 11) is 0. The lowest BCUT2D eigenvalue weighted by atomic mass is 9.34. The van der Waals surface area contributed by atoms with Crippen LogP contribution in [0.3, 0.4) is 0 Å². The normalized spacial score (nSPS) is 44.8. The molecule has 7 atom stereocenters. The van der Waals surface area contributed by atoms with Crippen LogP contribution in [-0.2, 0) is 19.1 Å². The van der Waals surface area contributed by atoms with E-state index in [2.05, 4.69) is 40.7 Å². The highest BCUT2D eigenvalue weighted by molar-refractivity contribution is 6.04. The first-order valence-corrected chi connectivity index (χ1v) is 14.7. The summed E-state index contributed by atoms with van der Waals surface area (Å²) in [5, 5.41) is 9.88. The number of nitrogens with zero attached hydrogens (tertiary/aromatic N) is 1. The van der Waals surface area contributed by atoms with Gasteiger partial charge in [-0.15, -0.1) is 0 Å². The van der Waals surface area contributed by atoms with Crippen molar-refractivity contribution in [1.29, 1.82) is 5.26 Å². The number of carbonyl (C=O) groups excluding carboxylic acids is 3. The van der Waals surface area contributed by atoms with E-state index in [4.69, 9.17) is 4.74 Å². The molecule has 0 radical (unpaired) electrons. The van der Waals surface area contributed by atoms with Gasteiger partial charge in [-0.3, -0.25) is 14.4 Å². The molecular weight excluding hydrogens is 474 g/mol. The van der Waals surface area contributed by atoms with Crippen LogP contribution in [0, 0.1) is 61.6 Å². The first-order chi connectivity index (χ1) is 17.5. The van der Waals surface area contributed by atoms with Crippen molar-refractivity contribution >= 4 is 17.5 Å². The molecule has 0 aliphatic heterocycles. The lowest BCUT2D eigenvalue weighted by Gasteiger charge is -2.68. The van der Waals surface area contributed by atoms with Crippen molar-refractivity contribution < 1.29 is 19.1 Å². The fourth-order valence-electron chi connectivity index (χ4n) is 10.3. The van der Waals surface area contributed by atoms with E-state index in [1.807, 2.05) is 32.9 Å². The van der Waals surface area contributed by atoms with Crippen molar-refractivity contribution in [2.45, 2.75) is 100 Å². The molecule has 0 amide bonds. The van der Waals surface area contributed by atoms with E-state index < -0.39 is 16.2 Å². The molecule has 0 heterocycles. The third-order valence-corrected chi connectivity index (χ3v) is 12.5. The Morgan fingerprint density at radius 2 is 1.68 bits per heavy atom. The van der Waals surface area contributed by atoms with Crippen LogP contribution in [0.1, 0.15) is 100 Å². The molecule has 5 nitrogen and oxygen atoms in total. The minimum absolute atomic E-state index is 0.0303. The third kappa shape index (κ3) is 3.24. The molecule has 206 valence electrons. The van der Waals surface area contributed by atoms with E-state index in [0.29, 0.717) is 6.61 Å². The molecule has 5 rings (SSSR count). The Morgan fingerprint density at radius 1 is 1.03 bits per heavy atom. The number of ketones is 2. The number of rotatable bonds is 2. The summed E-state index contributed by atoms with van der Waals surface area (Å²) >= 11 is 0. The van der Waals surface area contributed by atoms with E-state index in [1.165, 1.54) is 0 Å². The topological polar surface area (TPSA) is 84.2 Å². The molecule has 0 bridgehead atoms. The van der Waals surface area contributed by atoms with Gasteiger partial charge in [0.15, 0.2) is 11.6 Å². The van der Waals surface area contributed by atoms with E-state index in [-0.39, 0.29) is 57.1 Å². The van der Waals surface area contributed by atoms with Gasteiger partial charge in [-0.2, -0.15) is 5.26 Å². The molecule has 0 N–H and O–H groups in total. The molecule has 5 heteroatoms. The Kier molecular flexibility index (Phi) is 5.87. The van der Waals surface area contributed by atoms with E-state index in [9.17, 15) is 19.6 Å². The number of hydrogen-bond donors (Lipinski definition) is 0. The largest absolute Gasteiger partial charge is 0.466 e. The van der Waals surface area contributed by atoms with Gasteiger partial charge < -0.3 is 4.74 Å². The first-order valence-electron chi connectivity index (χ1n) is 14.7. The van der Waals surface area contributed by atoms with Crippen molar-refractivity contribution in [3.05, 3.63) is 23.3 Å². The van der Waals surface area contributed by atoms with Crippen LogP contribution >= 0.6 is 0 Å². The zero-order chi connectivity index (χ0) is 28.1. The molecule has 0 aromatic carbocycles. The molecule has 5 aliphatic carbocycles. The zero-order valence-corrected chi connectivity index (χ0v) is 24.6. The second-order valence-electron chi connectivity index (χ2n) is 15.1. The first kappa shape index (κ1) is 27.4. The Hall–Kier alpha value is -2.22. The van der Waals surface area contributed by atoms with Gasteiger partial charge >= 0.3 is 5.97 Å². The molecule has 2 unspecified atom stereocenters. The van der Waals surface area contributed by atoms with Gasteiger partial charge in [0, 0.05) is 16.7 Å². The van der Waals surface area contributed by atoms with Crippen molar-refractivity contribution in [2.75, 3.05) is 6.61 Å². The van der Waals surface area contributed by atoms with Crippen LogP contribution in [0.2, 0.25) is 0 Å². The molecule has 3 fully saturated rings. The smallest absolute Gasteiger partial charge is 0.312 e. The summed E-state index contributed by atoms with van der Waals surface area (Å²) in [6, 6.07) is 2.18. The van der Waals surface area contributed by atoms with Crippen LogP contribution < -0.4 is 0 Å². The number of carbonyl (C=O) groups is 3. The van der Waals surface area contributed by atoms with E-state index in [0.717, 1.165) is 50.5 Å². The maximum atomic E-state index is 14.4.